The number of nitrogens with zero attached hydrogens (tertiary/aromatic N) is 5. The first-order valence-electron chi connectivity index (χ1n) is 19.8. The first kappa shape index (κ1) is 37.8. The van der Waals surface area contributed by atoms with E-state index in [0.29, 0.717) is 33.8 Å². The summed E-state index contributed by atoms with van der Waals surface area (Å²) in [5.74, 6) is 4.03. The molecule has 6 aromatic rings. The zero-order valence-electron chi connectivity index (χ0n) is 32.6. The molecule has 3 aliphatic heterocycles. The smallest absolute Gasteiger partial charge is 0.270 e. The molecule has 0 radical (unpaired) electrons. The summed E-state index contributed by atoms with van der Waals surface area (Å²) in [6, 6.07) is 14.1. The number of amides is 3. The maximum atomic E-state index is 14.9. The summed E-state index contributed by atoms with van der Waals surface area (Å²) in [6.07, 6.45) is 7.27. The fraction of sp³-hybridized carbons (Fsp3) is 0.311. The second-order valence-electron chi connectivity index (χ2n) is 15.2. The number of anilines is 2. The number of carbonyl (C=O) groups is 3. The molecule has 2 fully saturated rings. The van der Waals surface area contributed by atoms with Crippen LogP contribution >= 0.6 is 0 Å². The summed E-state index contributed by atoms with van der Waals surface area (Å²) in [5, 5.41) is 6.42. The number of aryl methyl sites for hydroxylation is 3. The maximum absolute atomic E-state index is 14.9. The van der Waals surface area contributed by atoms with E-state index in [0.717, 1.165) is 73.4 Å². The Morgan fingerprint density at radius 3 is 2.63 bits per heavy atom. The van der Waals surface area contributed by atoms with E-state index in [-0.39, 0.29) is 47.9 Å². The summed E-state index contributed by atoms with van der Waals surface area (Å²) in [7, 11) is 1.84. The Morgan fingerprint density at radius 1 is 0.983 bits per heavy atom. The number of rotatable bonds is 6. The average Bonchev–Trinajstić information content (AvgIpc) is 3.67. The first-order chi connectivity index (χ1) is 28.6. The van der Waals surface area contributed by atoms with Gasteiger partial charge in [0, 0.05) is 73.0 Å². The highest BCUT2D eigenvalue weighted by molar-refractivity contribution is 6.03. The number of furan rings is 1. The maximum Gasteiger partial charge on any atom is 0.270 e. The Kier molecular flexibility index (Phi) is 9.98. The molecule has 2 saturated heterocycles. The van der Waals surface area contributed by atoms with Gasteiger partial charge in [0.2, 0.25) is 11.8 Å². The molecule has 14 heteroatoms. The number of piperidine rings is 1. The molecule has 1 unspecified atom stereocenters. The predicted molar refractivity (Wildman–Crippen MR) is 218 cm³/mol. The number of ether oxygens (including phenoxy) is 1. The van der Waals surface area contributed by atoms with E-state index >= 15 is 0 Å². The van der Waals surface area contributed by atoms with E-state index in [1.54, 1.807) is 29.0 Å². The lowest BCUT2D eigenvalue weighted by molar-refractivity contribution is -0.134. The van der Waals surface area contributed by atoms with Gasteiger partial charge in [0.25, 0.3) is 11.5 Å². The number of nitrogens with one attached hydrogen (secondary N) is 2. The molecule has 298 valence electrons. The van der Waals surface area contributed by atoms with Gasteiger partial charge >= 0.3 is 0 Å². The van der Waals surface area contributed by atoms with Crippen LogP contribution in [0.25, 0.3) is 33.3 Å². The topological polar surface area (TPSA) is 162 Å². The minimum absolute atomic E-state index is 0.00587. The molecule has 1 atom stereocenters. The standard InChI is InChI=1S/C45H40FN7O6/c1-25-19-31-36(52(2)45(25)57)20-28(26-13-17-58-18-14-26)21-37(31)53-16-4-6-34-38(53)24-49-42(50-34)27-7-10-35(48-23-27)44(56)47-15-3-5-29-22-32-39(59-29)11-9-33(46)41(32)30-8-12-40(54)51-43(30)55/h7,9-11,19-24,26,30H,4,6,8,12-18H2,1-2H3,(H,47,56)(H,51,54,55). The van der Waals surface area contributed by atoms with Crippen molar-refractivity contribution in [1.82, 2.24) is 30.2 Å². The van der Waals surface area contributed by atoms with Crippen molar-refractivity contribution in [2.45, 2.75) is 57.3 Å². The second-order valence-corrected chi connectivity index (χ2v) is 15.2. The average molecular weight is 794 g/mol. The van der Waals surface area contributed by atoms with Crippen LogP contribution in [0, 0.1) is 24.6 Å². The Bertz CT molecular complexity index is 2810. The van der Waals surface area contributed by atoms with Crippen molar-refractivity contribution in [2.24, 2.45) is 7.05 Å². The Morgan fingerprint density at radius 2 is 1.83 bits per heavy atom. The number of pyridine rings is 2. The van der Waals surface area contributed by atoms with Gasteiger partial charge in [-0.1, -0.05) is 5.92 Å². The molecule has 2 aromatic carbocycles. The molecule has 9 rings (SSSR count). The van der Waals surface area contributed by atoms with Crippen molar-refractivity contribution >= 4 is 51.0 Å². The van der Waals surface area contributed by atoms with Crippen molar-refractivity contribution in [3.63, 3.8) is 0 Å². The van der Waals surface area contributed by atoms with Gasteiger partial charge in [-0.25, -0.2) is 14.4 Å². The van der Waals surface area contributed by atoms with Crippen molar-refractivity contribution in [2.75, 3.05) is 31.2 Å². The minimum atomic E-state index is -0.821. The molecule has 13 nitrogen and oxygen atoms in total. The van der Waals surface area contributed by atoms with Gasteiger partial charge < -0.3 is 23.9 Å². The Hall–Kier alpha value is -6.72. The number of halogens is 1. The molecule has 3 aliphatic rings. The summed E-state index contributed by atoms with van der Waals surface area (Å²) < 4.78 is 28.1. The summed E-state index contributed by atoms with van der Waals surface area (Å²) in [5.41, 5.74) is 7.03. The number of imide groups is 1. The van der Waals surface area contributed by atoms with E-state index in [4.69, 9.17) is 19.1 Å². The number of carbonyl (C=O) groups excluding carboxylic acids is 3. The molecule has 0 saturated carbocycles. The van der Waals surface area contributed by atoms with Crippen LogP contribution in [0.4, 0.5) is 15.8 Å². The van der Waals surface area contributed by atoms with Gasteiger partial charge in [0.15, 0.2) is 11.6 Å². The van der Waals surface area contributed by atoms with Gasteiger partial charge in [-0.15, -0.1) is 0 Å². The number of aromatic nitrogens is 4. The minimum Gasteiger partial charge on any atom is -0.448 e. The monoisotopic (exact) mass is 793 g/mol. The number of fused-ring (bicyclic) bond motifs is 3. The molecule has 59 heavy (non-hydrogen) atoms. The van der Waals surface area contributed by atoms with Gasteiger partial charge in [-0.05, 0) is 98.9 Å². The van der Waals surface area contributed by atoms with Crippen molar-refractivity contribution in [3.8, 4) is 23.2 Å². The summed E-state index contributed by atoms with van der Waals surface area (Å²) in [4.78, 5) is 66.5. The lowest BCUT2D eigenvalue weighted by Gasteiger charge is -2.33. The van der Waals surface area contributed by atoms with Crippen molar-refractivity contribution in [3.05, 3.63) is 111 Å². The highest BCUT2D eigenvalue weighted by Gasteiger charge is 2.32. The Labute approximate surface area is 338 Å². The van der Waals surface area contributed by atoms with Gasteiger partial charge in [-0.2, -0.15) is 0 Å². The fourth-order valence-corrected chi connectivity index (χ4v) is 8.44. The van der Waals surface area contributed by atoms with E-state index < -0.39 is 23.5 Å². The van der Waals surface area contributed by atoms with Crippen LogP contribution < -0.4 is 21.1 Å². The molecule has 3 amide bonds. The molecule has 0 spiro atoms. The van der Waals surface area contributed by atoms with E-state index in [1.165, 1.54) is 17.7 Å². The summed E-state index contributed by atoms with van der Waals surface area (Å²) in [6.45, 7) is 4.06. The largest absolute Gasteiger partial charge is 0.448 e. The van der Waals surface area contributed by atoms with E-state index in [9.17, 15) is 23.6 Å². The SMILES string of the molecule is Cc1cc2c(N3CCCc4nc(-c5ccc(C(=O)NCC#Cc6cc7c(C8CCC(=O)NC8=O)c(F)ccc7o6)nc5)ncc43)cc(C3CCOCC3)cc2n(C)c1=O. The number of hydrogen-bond acceptors (Lipinski definition) is 10. The van der Waals surface area contributed by atoms with Gasteiger partial charge in [-0.3, -0.25) is 29.5 Å². The molecular weight excluding hydrogens is 754 g/mol. The molecule has 4 aromatic heterocycles. The van der Waals surface area contributed by atoms with E-state index in [2.05, 4.69) is 44.5 Å². The van der Waals surface area contributed by atoms with Crippen LogP contribution in [0.15, 0.2) is 70.1 Å². The molecule has 0 aliphatic carbocycles. The molecule has 2 N–H and O–H groups in total. The zero-order chi connectivity index (χ0) is 40.8. The highest BCUT2D eigenvalue weighted by atomic mass is 19.1. The Balaban J connectivity index is 0.904. The van der Waals surface area contributed by atoms with Crippen LogP contribution in [0.2, 0.25) is 0 Å². The second kappa shape index (κ2) is 15.6. The normalized spacial score (nSPS) is 17.1. The third-order valence-electron chi connectivity index (χ3n) is 11.5. The zero-order valence-corrected chi connectivity index (χ0v) is 32.6. The van der Waals surface area contributed by atoms with Crippen molar-refractivity contribution in [1.29, 1.82) is 0 Å². The lowest BCUT2D eigenvalue weighted by Crippen LogP contribution is -2.39. The number of hydrogen-bond donors (Lipinski definition) is 2. The third-order valence-corrected chi connectivity index (χ3v) is 11.5. The van der Waals surface area contributed by atoms with Gasteiger partial charge in [0.1, 0.15) is 17.1 Å². The first-order valence-corrected chi connectivity index (χ1v) is 19.8. The molecular formula is C45H40FN7O6. The van der Waals surface area contributed by atoms with Crippen LogP contribution in [0.3, 0.4) is 0 Å². The van der Waals surface area contributed by atoms with Gasteiger partial charge in [0.05, 0.1) is 41.2 Å². The number of benzene rings is 2. The van der Waals surface area contributed by atoms with Crippen LogP contribution in [0.1, 0.15) is 82.6 Å². The third kappa shape index (κ3) is 7.23. The van der Waals surface area contributed by atoms with Crippen LogP contribution in [0.5, 0.6) is 0 Å². The fourth-order valence-electron chi connectivity index (χ4n) is 8.44. The quantitative estimate of drug-likeness (QED) is 0.154. The predicted octanol–water partition coefficient (Wildman–Crippen LogP) is 5.86. The lowest BCUT2D eigenvalue weighted by atomic mass is 9.88. The van der Waals surface area contributed by atoms with Crippen molar-refractivity contribution < 1.29 is 27.9 Å². The van der Waals surface area contributed by atoms with E-state index in [1.807, 2.05) is 26.2 Å². The molecule has 7 heterocycles. The summed E-state index contributed by atoms with van der Waals surface area (Å²) >= 11 is 0. The highest BCUT2D eigenvalue weighted by Crippen LogP contribution is 2.41. The van der Waals surface area contributed by atoms with Crippen LogP contribution in [-0.4, -0.2) is 63.5 Å². The molecule has 0 bridgehead atoms. The van der Waals surface area contributed by atoms with Crippen LogP contribution in [-0.2, 0) is 27.8 Å².